The minimum absolute atomic E-state index is 0.0379. The monoisotopic (exact) mass is 529 g/mol. The maximum Gasteiger partial charge on any atom is 0.329 e. The zero-order chi connectivity index (χ0) is 26.9. The quantitative estimate of drug-likeness (QED) is 0.537. The summed E-state index contributed by atoms with van der Waals surface area (Å²) in [6.07, 6.45) is 0.643. The molecule has 3 aliphatic heterocycles. The number of carbonyl (C=O) groups excluding carboxylic acids is 2. The lowest BCUT2D eigenvalue weighted by Gasteiger charge is -2.47. The van der Waals surface area contributed by atoms with Crippen molar-refractivity contribution in [1.29, 1.82) is 5.26 Å². The highest BCUT2D eigenvalue weighted by Gasteiger charge is 2.57. The van der Waals surface area contributed by atoms with E-state index in [-0.39, 0.29) is 12.6 Å². The Morgan fingerprint density at radius 2 is 1.97 bits per heavy atom. The fraction of sp³-hybridized carbons (Fsp3) is 0.538. The molecule has 0 aliphatic carbocycles. The zero-order valence-corrected chi connectivity index (χ0v) is 22.1. The number of urea groups is 1. The molecule has 2 saturated heterocycles. The van der Waals surface area contributed by atoms with E-state index in [4.69, 9.17) is 14.2 Å². The molecule has 4 rings (SSSR count). The number of allylic oxidation sites excluding steroid dienone is 1. The molecule has 11 heteroatoms. The fourth-order valence-electron chi connectivity index (χ4n) is 4.94. The average molecular weight is 530 g/mol. The Morgan fingerprint density at radius 1 is 1.30 bits per heavy atom. The molecule has 3 amide bonds. The van der Waals surface area contributed by atoms with Crippen LogP contribution in [0.1, 0.15) is 45.3 Å². The second kappa shape index (κ2) is 10.7. The van der Waals surface area contributed by atoms with Crippen molar-refractivity contribution in [2.24, 2.45) is 5.92 Å². The third kappa shape index (κ3) is 4.93. The zero-order valence-electron chi connectivity index (χ0n) is 21.3. The van der Waals surface area contributed by atoms with Crippen molar-refractivity contribution < 1.29 is 33.7 Å². The molecule has 3 aliphatic rings. The van der Waals surface area contributed by atoms with Crippen LogP contribution in [0.15, 0.2) is 34.7 Å². The molecule has 2 fully saturated rings. The summed E-state index contributed by atoms with van der Waals surface area (Å²) in [6, 6.07) is 8.76. The molecule has 2 unspecified atom stereocenters. The van der Waals surface area contributed by atoms with Crippen molar-refractivity contribution in [3.63, 3.8) is 0 Å². The first-order valence-corrected chi connectivity index (χ1v) is 13.0. The van der Waals surface area contributed by atoms with Gasteiger partial charge in [0.2, 0.25) is 5.91 Å². The number of nitriles is 1. The number of aliphatic carboxylic acids is 1. The van der Waals surface area contributed by atoms with Crippen molar-refractivity contribution in [3.05, 3.63) is 40.3 Å². The molecule has 10 nitrogen and oxygen atoms in total. The topological polar surface area (TPSA) is 129 Å². The normalized spacial score (nSPS) is 23.6. The van der Waals surface area contributed by atoms with Gasteiger partial charge in [-0.2, -0.15) is 5.26 Å². The largest absolute Gasteiger partial charge is 0.496 e. The Kier molecular flexibility index (Phi) is 7.83. The number of ether oxygens (including phenoxy) is 3. The summed E-state index contributed by atoms with van der Waals surface area (Å²) in [5, 5.41) is 18.9. The first-order chi connectivity index (χ1) is 17.6. The molecule has 37 heavy (non-hydrogen) atoms. The number of nitrogens with zero attached hydrogens (tertiary/aromatic N) is 3. The molecule has 1 aromatic carbocycles. The SMILES string of the molecule is COc1ccccc1[C@@H](CN1C(=O)N(C(C)(C)C(=O)O)C(=O)C2C(C)=C(C#N)SC21)OC1CCOCC1. The van der Waals surface area contributed by atoms with Crippen LogP contribution in [-0.4, -0.2) is 76.7 Å². The summed E-state index contributed by atoms with van der Waals surface area (Å²) in [5.41, 5.74) is -0.528. The van der Waals surface area contributed by atoms with E-state index >= 15 is 0 Å². The van der Waals surface area contributed by atoms with Crippen molar-refractivity contribution in [3.8, 4) is 11.8 Å². The molecule has 0 radical (unpaired) electrons. The minimum atomic E-state index is -1.79. The second-order valence-corrected chi connectivity index (χ2v) is 10.9. The van der Waals surface area contributed by atoms with Gasteiger partial charge in [-0.3, -0.25) is 4.79 Å². The van der Waals surface area contributed by atoms with Gasteiger partial charge in [0.1, 0.15) is 28.8 Å². The number of hydrogen-bond acceptors (Lipinski definition) is 8. The number of methoxy groups -OCH3 is 1. The Hall–Kier alpha value is -3.07. The maximum atomic E-state index is 13.9. The third-order valence-corrected chi connectivity index (χ3v) is 8.55. The number of hydrogen-bond donors (Lipinski definition) is 1. The summed E-state index contributed by atoms with van der Waals surface area (Å²) < 4.78 is 17.6. The first kappa shape index (κ1) is 27.0. The van der Waals surface area contributed by atoms with Crippen LogP contribution in [0.3, 0.4) is 0 Å². The summed E-state index contributed by atoms with van der Waals surface area (Å²) in [5.74, 6) is -2.17. The maximum absolute atomic E-state index is 13.9. The van der Waals surface area contributed by atoms with Crippen LogP contribution >= 0.6 is 11.8 Å². The molecular weight excluding hydrogens is 498 g/mol. The number of thioether (sulfide) groups is 1. The number of rotatable bonds is 8. The molecule has 198 valence electrons. The molecule has 0 spiro atoms. The molecule has 1 aromatic rings. The van der Waals surface area contributed by atoms with E-state index < -0.39 is 40.8 Å². The van der Waals surface area contributed by atoms with Crippen LogP contribution in [0.25, 0.3) is 0 Å². The number of imide groups is 1. The third-order valence-electron chi connectivity index (χ3n) is 7.14. The van der Waals surface area contributed by atoms with Crippen LogP contribution in [0.4, 0.5) is 4.79 Å². The predicted molar refractivity (Wildman–Crippen MR) is 135 cm³/mol. The average Bonchev–Trinajstić information content (AvgIpc) is 3.22. The molecule has 1 N–H and O–H groups in total. The highest BCUT2D eigenvalue weighted by Crippen LogP contribution is 2.48. The number of fused-ring (bicyclic) bond motifs is 1. The highest BCUT2D eigenvalue weighted by atomic mass is 32.2. The molecule has 0 saturated carbocycles. The Bertz CT molecular complexity index is 1160. The van der Waals surface area contributed by atoms with Crippen LogP contribution in [0.2, 0.25) is 0 Å². The Morgan fingerprint density at radius 3 is 2.59 bits per heavy atom. The van der Waals surface area contributed by atoms with Crippen LogP contribution in [0.5, 0.6) is 5.75 Å². The van der Waals surface area contributed by atoms with Crippen LogP contribution < -0.4 is 4.74 Å². The van der Waals surface area contributed by atoms with Gasteiger partial charge >= 0.3 is 12.0 Å². The summed E-state index contributed by atoms with van der Waals surface area (Å²) in [4.78, 5) is 42.2. The van der Waals surface area contributed by atoms with Gasteiger partial charge < -0.3 is 24.2 Å². The van der Waals surface area contributed by atoms with Crippen molar-refractivity contribution in [2.45, 2.75) is 56.7 Å². The van der Waals surface area contributed by atoms with Crippen LogP contribution in [-0.2, 0) is 19.1 Å². The van der Waals surface area contributed by atoms with E-state index in [2.05, 4.69) is 6.07 Å². The number of amides is 3. The standard InChI is InChI=1S/C26H31N3O7S/c1-15-20(13-27)37-23-21(15)22(30)29(26(2,3)24(31)32)25(33)28(23)14-19(36-16-9-11-35-12-10-16)17-7-5-6-8-18(17)34-4/h5-8,16,19,21,23H,9-12,14H2,1-4H3,(H,31,32)/t19-,21?,23?/m1/s1. The number of carboxylic acids is 1. The van der Waals surface area contributed by atoms with E-state index in [1.54, 1.807) is 14.0 Å². The van der Waals surface area contributed by atoms with Gasteiger partial charge in [-0.05, 0) is 45.3 Å². The van der Waals surface area contributed by atoms with E-state index in [9.17, 15) is 24.8 Å². The number of benzene rings is 1. The van der Waals surface area contributed by atoms with Gasteiger partial charge in [-0.1, -0.05) is 30.0 Å². The molecule has 3 atom stereocenters. The van der Waals surface area contributed by atoms with Gasteiger partial charge in [-0.25, -0.2) is 14.5 Å². The van der Waals surface area contributed by atoms with E-state index in [1.165, 1.54) is 18.7 Å². The summed E-state index contributed by atoms with van der Waals surface area (Å²) >= 11 is 1.15. The van der Waals surface area contributed by atoms with Crippen molar-refractivity contribution in [2.75, 3.05) is 26.9 Å². The second-order valence-electron chi connectivity index (χ2n) is 9.76. The van der Waals surface area contributed by atoms with E-state index in [1.807, 2.05) is 24.3 Å². The smallest absolute Gasteiger partial charge is 0.329 e. The lowest BCUT2D eigenvalue weighted by molar-refractivity contribution is -0.158. The van der Waals surface area contributed by atoms with E-state index in [0.717, 1.165) is 22.2 Å². The first-order valence-electron chi connectivity index (χ1n) is 12.1. The minimum Gasteiger partial charge on any atom is -0.496 e. The van der Waals surface area contributed by atoms with Gasteiger partial charge in [-0.15, -0.1) is 0 Å². The van der Waals surface area contributed by atoms with Gasteiger partial charge in [0.25, 0.3) is 0 Å². The van der Waals surface area contributed by atoms with Gasteiger partial charge in [0.05, 0.1) is 30.6 Å². The van der Waals surface area contributed by atoms with Gasteiger partial charge in [0.15, 0.2) is 0 Å². The Balaban J connectivity index is 1.76. The highest BCUT2D eigenvalue weighted by molar-refractivity contribution is 8.04. The predicted octanol–water partition coefficient (Wildman–Crippen LogP) is 3.55. The Labute approximate surface area is 220 Å². The fourth-order valence-corrected chi connectivity index (χ4v) is 6.30. The lowest BCUT2D eigenvalue weighted by Crippen LogP contribution is -2.67. The summed E-state index contributed by atoms with van der Waals surface area (Å²) in [6.45, 7) is 5.51. The van der Waals surface area contributed by atoms with E-state index in [0.29, 0.717) is 42.3 Å². The van der Waals surface area contributed by atoms with Crippen LogP contribution in [0, 0.1) is 17.2 Å². The summed E-state index contributed by atoms with van der Waals surface area (Å²) in [7, 11) is 1.56. The number of para-hydroxylation sites is 1. The molecule has 0 aromatic heterocycles. The lowest BCUT2D eigenvalue weighted by atomic mass is 9.91. The molecule has 3 heterocycles. The van der Waals surface area contributed by atoms with Gasteiger partial charge in [0, 0.05) is 18.8 Å². The van der Waals surface area contributed by atoms with Crippen molar-refractivity contribution >= 4 is 29.7 Å². The number of carbonyl (C=O) groups is 3. The molecular formula is C26H31N3O7S. The number of carboxylic acid groups (broad SMARTS) is 1. The molecule has 0 bridgehead atoms. The van der Waals surface area contributed by atoms with Crippen molar-refractivity contribution in [1.82, 2.24) is 9.80 Å².